The maximum absolute atomic E-state index is 11.8. The van der Waals surface area contributed by atoms with Gasteiger partial charge in [-0.25, -0.2) is 13.1 Å². The second-order valence-electron chi connectivity index (χ2n) is 4.36. The minimum atomic E-state index is -3.21. The van der Waals surface area contributed by atoms with Gasteiger partial charge in [-0.15, -0.1) is 0 Å². The Hall–Kier alpha value is -0.910. The zero-order chi connectivity index (χ0) is 13.4. The zero-order valence-corrected chi connectivity index (χ0v) is 11.9. The van der Waals surface area contributed by atoms with Gasteiger partial charge in [0.15, 0.2) is 0 Å². The largest absolute Gasteiger partial charge is 0.316 e. The first kappa shape index (κ1) is 15.1. The van der Waals surface area contributed by atoms with Crippen molar-refractivity contribution in [1.29, 1.82) is 0 Å². The molecule has 0 saturated carbocycles. The highest BCUT2D eigenvalue weighted by atomic mass is 32.2. The van der Waals surface area contributed by atoms with Gasteiger partial charge < -0.3 is 5.32 Å². The van der Waals surface area contributed by atoms with Crippen LogP contribution in [0.25, 0.3) is 0 Å². The zero-order valence-electron chi connectivity index (χ0n) is 11.1. The molecule has 0 bridgehead atoms. The summed E-state index contributed by atoms with van der Waals surface area (Å²) in [6.07, 6.45) is 1.86. The van der Waals surface area contributed by atoms with E-state index < -0.39 is 10.0 Å². The first-order chi connectivity index (χ1) is 8.57. The second-order valence-corrected chi connectivity index (χ2v) is 6.16. The molecule has 0 spiro atoms. The Balaban J connectivity index is 2.62. The molecule has 0 atom stereocenters. The quantitative estimate of drug-likeness (QED) is 0.706. The van der Waals surface area contributed by atoms with Gasteiger partial charge in [-0.1, -0.05) is 37.6 Å². The summed E-state index contributed by atoms with van der Waals surface area (Å²) >= 11 is 0. The van der Waals surface area contributed by atoms with E-state index in [1.807, 2.05) is 38.2 Å². The van der Waals surface area contributed by atoms with Crippen molar-refractivity contribution in [1.82, 2.24) is 10.0 Å². The molecule has 18 heavy (non-hydrogen) atoms. The van der Waals surface area contributed by atoms with E-state index in [-0.39, 0.29) is 5.75 Å². The molecule has 0 heterocycles. The summed E-state index contributed by atoms with van der Waals surface area (Å²) in [6.45, 7) is 3.31. The monoisotopic (exact) mass is 270 g/mol. The van der Waals surface area contributed by atoms with Crippen molar-refractivity contribution in [2.45, 2.75) is 32.1 Å². The lowest BCUT2D eigenvalue weighted by Gasteiger charge is -2.07. The third-order valence-corrected chi connectivity index (χ3v) is 3.94. The maximum Gasteiger partial charge on any atom is 0.215 e. The number of nitrogens with one attached hydrogen (secondary N) is 2. The van der Waals surface area contributed by atoms with Crippen LogP contribution in [0.2, 0.25) is 0 Å². The van der Waals surface area contributed by atoms with Crippen molar-refractivity contribution in [3.8, 4) is 0 Å². The van der Waals surface area contributed by atoms with Crippen molar-refractivity contribution in [3.05, 3.63) is 35.4 Å². The molecule has 4 nitrogen and oxygen atoms in total. The third kappa shape index (κ3) is 5.62. The van der Waals surface area contributed by atoms with E-state index in [9.17, 15) is 8.42 Å². The van der Waals surface area contributed by atoms with Crippen molar-refractivity contribution < 1.29 is 8.42 Å². The van der Waals surface area contributed by atoms with Crippen LogP contribution in [0.1, 0.15) is 30.9 Å². The smallest absolute Gasteiger partial charge is 0.215 e. The van der Waals surface area contributed by atoms with Gasteiger partial charge in [-0.2, -0.15) is 0 Å². The SMILES string of the molecule is CCCCNS(=O)(=O)Cc1cccc(CNC)c1. The Morgan fingerprint density at radius 2 is 1.94 bits per heavy atom. The Kier molecular flexibility index (Phi) is 6.32. The molecule has 0 aliphatic rings. The van der Waals surface area contributed by atoms with E-state index in [1.54, 1.807) is 0 Å². The molecular weight excluding hydrogens is 248 g/mol. The predicted octanol–water partition coefficient (Wildman–Crippen LogP) is 1.63. The van der Waals surface area contributed by atoms with Crippen LogP contribution in [0, 0.1) is 0 Å². The molecule has 0 unspecified atom stereocenters. The van der Waals surface area contributed by atoms with Crippen molar-refractivity contribution in [2.24, 2.45) is 0 Å². The number of hydrogen-bond acceptors (Lipinski definition) is 3. The lowest BCUT2D eigenvalue weighted by atomic mass is 10.1. The van der Waals surface area contributed by atoms with E-state index in [1.165, 1.54) is 0 Å². The first-order valence-electron chi connectivity index (χ1n) is 6.27. The van der Waals surface area contributed by atoms with Gasteiger partial charge >= 0.3 is 0 Å². The van der Waals surface area contributed by atoms with E-state index in [2.05, 4.69) is 10.0 Å². The summed E-state index contributed by atoms with van der Waals surface area (Å²) in [4.78, 5) is 0. The summed E-state index contributed by atoms with van der Waals surface area (Å²) in [5, 5.41) is 3.05. The van der Waals surface area contributed by atoms with Crippen molar-refractivity contribution in [2.75, 3.05) is 13.6 Å². The maximum atomic E-state index is 11.8. The van der Waals surface area contributed by atoms with E-state index >= 15 is 0 Å². The number of benzene rings is 1. The lowest BCUT2D eigenvalue weighted by molar-refractivity contribution is 0.577. The third-order valence-electron chi connectivity index (χ3n) is 2.58. The summed E-state index contributed by atoms with van der Waals surface area (Å²) in [5.74, 6) is 0.0499. The average Bonchev–Trinajstić information content (AvgIpc) is 2.29. The number of sulfonamides is 1. The minimum Gasteiger partial charge on any atom is -0.316 e. The lowest BCUT2D eigenvalue weighted by Crippen LogP contribution is -2.26. The van der Waals surface area contributed by atoms with Gasteiger partial charge in [0.05, 0.1) is 5.75 Å². The van der Waals surface area contributed by atoms with Gasteiger partial charge in [-0.05, 0) is 24.6 Å². The number of rotatable bonds is 8. The highest BCUT2D eigenvalue weighted by Crippen LogP contribution is 2.08. The topological polar surface area (TPSA) is 58.2 Å². The predicted molar refractivity (Wildman–Crippen MR) is 74.7 cm³/mol. The highest BCUT2D eigenvalue weighted by molar-refractivity contribution is 7.88. The molecule has 0 fully saturated rings. The van der Waals surface area contributed by atoms with Crippen LogP contribution in [0.4, 0.5) is 0 Å². The molecule has 5 heteroatoms. The molecule has 0 aliphatic heterocycles. The molecular formula is C13H22N2O2S. The van der Waals surface area contributed by atoms with Gasteiger partial charge in [0.2, 0.25) is 10.0 Å². The fourth-order valence-electron chi connectivity index (χ4n) is 1.71. The van der Waals surface area contributed by atoms with Crippen molar-refractivity contribution in [3.63, 3.8) is 0 Å². The molecule has 1 aromatic carbocycles. The number of hydrogen-bond donors (Lipinski definition) is 2. The Morgan fingerprint density at radius 1 is 1.22 bits per heavy atom. The molecule has 102 valence electrons. The summed E-state index contributed by atoms with van der Waals surface area (Å²) in [7, 11) is -1.34. The average molecular weight is 270 g/mol. The molecule has 0 saturated heterocycles. The fourth-order valence-corrected chi connectivity index (χ4v) is 2.88. The molecule has 1 aromatic rings. The first-order valence-corrected chi connectivity index (χ1v) is 7.92. The van der Waals surface area contributed by atoms with Crippen LogP contribution in [0.3, 0.4) is 0 Å². The van der Waals surface area contributed by atoms with Crippen LogP contribution in [-0.4, -0.2) is 22.0 Å². The molecule has 0 radical (unpaired) electrons. The van der Waals surface area contributed by atoms with Crippen molar-refractivity contribution >= 4 is 10.0 Å². The molecule has 0 amide bonds. The summed E-state index contributed by atoms with van der Waals surface area (Å²) < 4.78 is 26.3. The van der Waals surface area contributed by atoms with E-state index in [4.69, 9.17) is 0 Å². The van der Waals surface area contributed by atoms with E-state index in [0.717, 1.165) is 30.5 Å². The van der Waals surface area contributed by atoms with Gasteiger partial charge in [0, 0.05) is 13.1 Å². The van der Waals surface area contributed by atoms with Gasteiger partial charge in [0.1, 0.15) is 0 Å². The minimum absolute atomic E-state index is 0.0499. The Labute approximate surface area is 110 Å². The standard InChI is InChI=1S/C13H22N2O2S/c1-3-4-8-15-18(16,17)11-13-7-5-6-12(9-13)10-14-2/h5-7,9,14-15H,3-4,8,10-11H2,1-2H3. The normalized spacial score (nSPS) is 11.7. The number of unbranched alkanes of at least 4 members (excludes halogenated alkanes) is 1. The second kappa shape index (κ2) is 7.51. The van der Waals surface area contributed by atoms with Crippen LogP contribution < -0.4 is 10.0 Å². The van der Waals surface area contributed by atoms with Gasteiger partial charge in [0.25, 0.3) is 0 Å². The summed E-state index contributed by atoms with van der Waals surface area (Å²) in [5.41, 5.74) is 1.92. The molecule has 0 aromatic heterocycles. The Morgan fingerprint density at radius 3 is 2.61 bits per heavy atom. The fraction of sp³-hybridized carbons (Fsp3) is 0.538. The molecule has 1 rings (SSSR count). The highest BCUT2D eigenvalue weighted by Gasteiger charge is 2.10. The van der Waals surface area contributed by atoms with E-state index in [0.29, 0.717) is 6.54 Å². The van der Waals surface area contributed by atoms with Crippen LogP contribution in [-0.2, 0) is 22.3 Å². The van der Waals surface area contributed by atoms with Crippen LogP contribution >= 0.6 is 0 Å². The van der Waals surface area contributed by atoms with Crippen LogP contribution in [0.15, 0.2) is 24.3 Å². The molecule has 2 N–H and O–H groups in total. The summed E-state index contributed by atoms with van der Waals surface area (Å²) in [6, 6.07) is 7.65. The Bertz CT molecular complexity index is 458. The van der Waals surface area contributed by atoms with Crippen LogP contribution in [0.5, 0.6) is 0 Å². The van der Waals surface area contributed by atoms with Gasteiger partial charge in [-0.3, -0.25) is 0 Å². The molecule has 0 aliphatic carbocycles.